The second-order valence-corrected chi connectivity index (χ2v) is 11.4. The van der Waals surface area contributed by atoms with E-state index in [0.717, 1.165) is 16.0 Å². The van der Waals surface area contributed by atoms with E-state index >= 15 is 0 Å². The van der Waals surface area contributed by atoms with Gasteiger partial charge in [0.25, 0.3) is 11.2 Å². The van der Waals surface area contributed by atoms with Gasteiger partial charge in [0.2, 0.25) is 0 Å². The summed E-state index contributed by atoms with van der Waals surface area (Å²) in [6.07, 6.45) is 1.63. The third kappa shape index (κ3) is 4.93. The van der Waals surface area contributed by atoms with Crippen molar-refractivity contribution in [3.8, 4) is 11.3 Å². The van der Waals surface area contributed by atoms with Gasteiger partial charge in [0.1, 0.15) is 17.6 Å². The minimum absolute atomic E-state index is 0.0398. The molecule has 1 unspecified atom stereocenters. The summed E-state index contributed by atoms with van der Waals surface area (Å²) < 4.78 is 13.4. The SMILES string of the molecule is CCOC(=O)C1=C(c2ccccc2)N=c2sc(=Cc3ccc(-c4cc([N+](=O)[O-])ccc4C)o3)c(=O)n2C1c1cccs1. The highest BCUT2D eigenvalue weighted by atomic mass is 32.1. The maximum absolute atomic E-state index is 13.9. The maximum Gasteiger partial charge on any atom is 0.338 e. The molecule has 0 saturated heterocycles. The van der Waals surface area contributed by atoms with Crippen molar-refractivity contribution in [2.75, 3.05) is 6.61 Å². The van der Waals surface area contributed by atoms with Gasteiger partial charge in [0.15, 0.2) is 4.80 Å². The predicted octanol–water partition coefficient (Wildman–Crippen LogP) is 5.47. The summed E-state index contributed by atoms with van der Waals surface area (Å²) in [5, 5.41) is 13.2. The number of nitro groups is 1. The molecule has 4 heterocycles. The molecule has 0 saturated carbocycles. The van der Waals surface area contributed by atoms with E-state index in [4.69, 9.17) is 14.1 Å². The molecule has 1 atom stereocenters. The highest BCUT2D eigenvalue weighted by Gasteiger charge is 2.35. The molecule has 6 rings (SSSR count). The summed E-state index contributed by atoms with van der Waals surface area (Å²) in [6, 6.07) is 20.4. The molecular weight excluding hydrogens is 574 g/mol. The Morgan fingerprint density at radius 1 is 1.14 bits per heavy atom. The number of hydrogen-bond acceptors (Lipinski definition) is 9. The molecule has 0 fully saturated rings. The van der Waals surface area contributed by atoms with Crippen LogP contribution in [0.25, 0.3) is 23.1 Å². The van der Waals surface area contributed by atoms with Crippen molar-refractivity contribution in [1.82, 2.24) is 4.57 Å². The Hall–Kier alpha value is -4.87. The topological polar surface area (TPSA) is 117 Å². The summed E-state index contributed by atoms with van der Waals surface area (Å²) in [6.45, 7) is 3.76. The number of nitrogens with zero attached hydrogens (tertiary/aromatic N) is 3. The minimum atomic E-state index is -0.725. The number of aryl methyl sites for hydroxylation is 1. The summed E-state index contributed by atoms with van der Waals surface area (Å²) in [4.78, 5) is 44.3. The molecule has 2 aromatic carbocycles. The van der Waals surface area contributed by atoms with Gasteiger partial charge in [-0.2, -0.15) is 0 Å². The van der Waals surface area contributed by atoms with Crippen molar-refractivity contribution in [1.29, 1.82) is 0 Å². The Balaban J connectivity index is 1.52. The Labute approximate surface area is 247 Å². The first-order chi connectivity index (χ1) is 20.4. The van der Waals surface area contributed by atoms with Crippen molar-refractivity contribution < 1.29 is 18.9 Å². The van der Waals surface area contributed by atoms with Crippen LogP contribution in [0, 0.1) is 17.0 Å². The Morgan fingerprint density at radius 3 is 2.67 bits per heavy atom. The van der Waals surface area contributed by atoms with Crippen LogP contribution in [-0.2, 0) is 9.53 Å². The van der Waals surface area contributed by atoms with Gasteiger partial charge in [0, 0.05) is 34.2 Å². The average Bonchev–Trinajstić information content (AvgIpc) is 3.75. The van der Waals surface area contributed by atoms with Crippen LogP contribution in [0.15, 0.2) is 98.0 Å². The van der Waals surface area contributed by atoms with Crippen molar-refractivity contribution in [3.63, 3.8) is 0 Å². The number of non-ortho nitro benzene ring substituents is 1. The number of carbonyl (C=O) groups excluding carboxylic acids is 1. The summed E-state index contributed by atoms with van der Waals surface area (Å²) >= 11 is 2.64. The van der Waals surface area contributed by atoms with E-state index in [0.29, 0.717) is 37.7 Å². The number of thiophene rings is 1. The Kier molecular flexibility index (Phi) is 7.27. The van der Waals surface area contributed by atoms with Crippen molar-refractivity contribution in [2.45, 2.75) is 19.9 Å². The fourth-order valence-electron chi connectivity index (χ4n) is 4.85. The first-order valence-electron chi connectivity index (χ1n) is 13.0. The lowest BCUT2D eigenvalue weighted by Crippen LogP contribution is -2.39. The summed E-state index contributed by atoms with van der Waals surface area (Å²) in [5.41, 5.74) is 2.54. The number of fused-ring (bicyclic) bond motifs is 1. The van der Waals surface area contributed by atoms with Crippen LogP contribution in [0.1, 0.15) is 34.7 Å². The second kappa shape index (κ2) is 11.2. The van der Waals surface area contributed by atoms with E-state index in [9.17, 15) is 19.7 Å². The first kappa shape index (κ1) is 27.3. The molecule has 0 aliphatic carbocycles. The van der Waals surface area contributed by atoms with Gasteiger partial charge in [-0.15, -0.1) is 11.3 Å². The monoisotopic (exact) mass is 597 g/mol. The van der Waals surface area contributed by atoms with Crippen LogP contribution in [0.3, 0.4) is 0 Å². The number of furan rings is 1. The molecule has 9 nitrogen and oxygen atoms in total. The first-order valence-corrected chi connectivity index (χ1v) is 14.7. The van der Waals surface area contributed by atoms with E-state index in [-0.39, 0.29) is 17.9 Å². The van der Waals surface area contributed by atoms with Gasteiger partial charge in [-0.25, -0.2) is 9.79 Å². The molecule has 0 radical (unpaired) electrons. The van der Waals surface area contributed by atoms with Crippen LogP contribution >= 0.6 is 22.7 Å². The quantitative estimate of drug-likeness (QED) is 0.139. The molecule has 3 aromatic heterocycles. The molecule has 210 valence electrons. The average molecular weight is 598 g/mol. The van der Waals surface area contributed by atoms with Crippen molar-refractivity contribution in [3.05, 3.63) is 135 Å². The fraction of sp³-hybridized carbons (Fsp3) is 0.129. The Morgan fingerprint density at radius 2 is 1.95 bits per heavy atom. The normalized spacial score (nSPS) is 14.9. The number of ether oxygens (including phenoxy) is 1. The number of rotatable bonds is 7. The molecule has 0 N–H and O–H groups in total. The maximum atomic E-state index is 13.9. The smallest absolute Gasteiger partial charge is 0.338 e. The lowest BCUT2D eigenvalue weighted by atomic mass is 9.97. The van der Waals surface area contributed by atoms with E-state index in [1.54, 1.807) is 31.2 Å². The molecule has 42 heavy (non-hydrogen) atoms. The predicted molar refractivity (Wildman–Crippen MR) is 161 cm³/mol. The molecule has 0 amide bonds. The Bertz CT molecular complexity index is 2040. The summed E-state index contributed by atoms with van der Waals surface area (Å²) in [7, 11) is 0. The zero-order valence-electron chi connectivity index (χ0n) is 22.5. The minimum Gasteiger partial charge on any atom is -0.463 e. The second-order valence-electron chi connectivity index (χ2n) is 9.41. The van der Waals surface area contributed by atoms with Crippen LogP contribution in [0.4, 0.5) is 5.69 Å². The van der Waals surface area contributed by atoms with Crippen LogP contribution in [0.2, 0.25) is 0 Å². The number of nitro benzene ring substituents is 1. The summed E-state index contributed by atoms with van der Waals surface area (Å²) in [5.74, 6) is 0.320. The van der Waals surface area contributed by atoms with Crippen LogP contribution in [-0.4, -0.2) is 22.1 Å². The van der Waals surface area contributed by atoms with E-state index < -0.39 is 16.9 Å². The van der Waals surface area contributed by atoms with Gasteiger partial charge >= 0.3 is 5.97 Å². The van der Waals surface area contributed by atoms with Crippen LogP contribution in [0.5, 0.6) is 0 Å². The number of benzene rings is 2. The molecule has 11 heteroatoms. The van der Waals surface area contributed by atoms with Gasteiger partial charge in [-0.3, -0.25) is 19.5 Å². The zero-order chi connectivity index (χ0) is 29.4. The van der Waals surface area contributed by atoms with E-state index in [1.807, 2.05) is 54.8 Å². The third-order valence-electron chi connectivity index (χ3n) is 6.78. The van der Waals surface area contributed by atoms with Gasteiger partial charge in [-0.05, 0) is 43.0 Å². The van der Waals surface area contributed by atoms with Crippen LogP contribution < -0.4 is 14.9 Å². The standard InChI is InChI=1S/C31H23N3O6S2/c1-3-39-30(36)26-27(19-8-5-4-6-9-19)32-31-33(28(26)24-10-7-15-41-24)29(35)25(42-31)17-21-13-14-23(40-21)22-16-20(34(37)38)12-11-18(22)2/h4-17,28H,3H2,1-2H3. The molecule has 0 bridgehead atoms. The molecule has 1 aliphatic rings. The van der Waals surface area contributed by atoms with E-state index in [2.05, 4.69) is 0 Å². The highest BCUT2D eigenvalue weighted by molar-refractivity contribution is 7.10. The largest absolute Gasteiger partial charge is 0.463 e. The van der Waals surface area contributed by atoms with Gasteiger partial charge in [0.05, 0.1) is 27.3 Å². The number of aromatic nitrogens is 1. The number of carbonyl (C=O) groups is 1. The highest BCUT2D eigenvalue weighted by Crippen LogP contribution is 2.37. The van der Waals surface area contributed by atoms with Crippen molar-refractivity contribution >= 4 is 46.1 Å². The lowest BCUT2D eigenvalue weighted by molar-refractivity contribution is -0.384. The molecular formula is C31H23N3O6S2. The van der Waals surface area contributed by atoms with Crippen molar-refractivity contribution in [2.24, 2.45) is 4.99 Å². The molecule has 1 aliphatic heterocycles. The fourth-order valence-corrected chi connectivity index (χ4v) is 6.65. The van der Waals surface area contributed by atoms with E-state index in [1.165, 1.54) is 39.4 Å². The zero-order valence-corrected chi connectivity index (χ0v) is 24.1. The molecule has 0 spiro atoms. The number of hydrogen-bond donors (Lipinski definition) is 0. The lowest BCUT2D eigenvalue weighted by Gasteiger charge is -2.24. The number of thiazole rings is 1. The third-order valence-corrected chi connectivity index (χ3v) is 8.69. The van der Waals surface area contributed by atoms with Gasteiger partial charge in [-0.1, -0.05) is 53.8 Å². The molecule has 5 aromatic rings. The number of esters is 1. The van der Waals surface area contributed by atoms with Gasteiger partial charge < -0.3 is 9.15 Å².